The van der Waals surface area contributed by atoms with Crippen LogP contribution in [0.1, 0.15) is 43.0 Å². The molecule has 0 atom stereocenters. The molecule has 0 aliphatic rings. The smallest absolute Gasteiger partial charge is 0.335 e. The van der Waals surface area contributed by atoms with Gasteiger partial charge < -0.3 is 9.84 Å². The third kappa shape index (κ3) is 4.31. The number of unbranched alkanes of at least 4 members (excludes halogenated alkanes) is 3. The number of hydrogen-bond donors (Lipinski definition) is 1. The van der Waals surface area contributed by atoms with Crippen LogP contribution in [0, 0.1) is 11.6 Å². The molecule has 0 aliphatic carbocycles. The predicted molar refractivity (Wildman–Crippen MR) is 88.4 cm³/mol. The lowest BCUT2D eigenvalue weighted by atomic mass is 10.0. The standard InChI is InChI=1S/C19H20F2O3/c1-2-3-4-5-12-24-16-11-10-15(17(20)18(16)21)13-6-8-14(9-7-13)19(22)23/h6-11H,2-5,12H2,1H3,(H,22,23). The molecule has 2 aromatic rings. The molecule has 5 heteroatoms. The van der Waals surface area contributed by atoms with E-state index in [2.05, 4.69) is 6.92 Å². The van der Waals surface area contributed by atoms with E-state index in [1.165, 1.54) is 36.4 Å². The third-order valence-corrected chi connectivity index (χ3v) is 3.75. The van der Waals surface area contributed by atoms with Crippen molar-refractivity contribution in [2.24, 2.45) is 0 Å². The molecule has 3 nitrogen and oxygen atoms in total. The summed E-state index contributed by atoms with van der Waals surface area (Å²) in [4.78, 5) is 10.8. The monoisotopic (exact) mass is 334 g/mol. The Kier molecular flexibility index (Phi) is 6.29. The van der Waals surface area contributed by atoms with Crippen molar-refractivity contribution < 1.29 is 23.4 Å². The van der Waals surface area contributed by atoms with Crippen LogP contribution in [0.15, 0.2) is 36.4 Å². The van der Waals surface area contributed by atoms with E-state index >= 15 is 0 Å². The highest BCUT2D eigenvalue weighted by Gasteiger charge is 2.16. The Morgan fingerprint density at radius 2 is 1.71 bits per heavy atom. The Bertz CT molecular complexity index is 697. The van der Waals surface area contributed by atoms with Crippen molar-refractivity contribution in [1.82, 2.24) is 0 Å². The van der Waals surface area contributed by atoms with Gasteiger partial charge in [0.2, 0.25) is 5.82 Å². The normalized spacial score (nSPS) is 10.6. The number of aromatic carboxylic acids is 1. The highest BCUT2D eigenvalue weighted by atomic mass is 19.2. The summed E-state index contributed by atoms with van der Waals surface area (Å²) in [5.41, 5.74) is 0.570. The summed E-state index contributed by atoms with van der Waals surface area (Å²) < 4.78 is 33.7. The van der Waals surface area contributed by atoms with Crippen LogP contribution in [-0.4, -0.2) is 17.7 Å². The Balaban J connectivity index is 2.12. The van der Waals surface area contributed by atoms with Gasteiger partial charge in [0, 0.05) is 5.56 Å². The maximum absolute atomic E-state index is 14.3. The molecule has 24 heavy (non-hydrogen) atoms. The SMILES string of the molecule is CCCCCCOc1ccc(-c2ccc(C(=O)O)cc2)c(F)c1F. The predicted octanol–water partition coefficient (Wildman–Crippen LogP) is 5.29. The fourth-order valence-corrected chi connectivity index (χ4v) is 2.37. The lowest BCUT2D eigenvalue weighted by Gasteiger charge is -2.10. The van der Waals surface area contributed by atoms with E-state index in [0.29, 0.717) is 12.2 Å². The van der Waals surface area contributed by atoms with Gasteiger partial charge in [0.1, 0.15) is 0 Å². The van der Waals surface area contributed by atoms with Gasteiger partial charge in [-0.3, -0.25) is 0 Å². The molecule has 0 radical (unpaired) electrons. The molecule has 0 unspecified atom stereocenters. The maximum atomic E-state index is 14.3. The minimum absolute atomic E-state index is 0.0720. The summed E-state index contributed by atoms with van der Waals surface area (Å²) in [6, 6.07) is 8.45. The van der Waals surface area contributed by atoms with Gasteiger partial charge in [-0.15, -0.1) is 0 Å². The van der Waals surface area contributed by atoms with Crippen LogP contribution in [0.4, 0.5) is 8.78 Å². The van der Waals surface area contributed by atoms with Crippen LogP contribution < -0.4 is 4.74 Å². The highest BCUT2D eigenvalue weighted by Crippen LogP contribution is 2.30. The summed E-state index contributed by atoms with van der Waals surface area (Å²) in [5.74, 6) is -3.19. The molecule has 1 N–H and O–H groups in total. The van der Waals surface area contributed by atoms with Crippen LogP contribution in [0.25, 0.3) is 11.1 Å². The van der Waals surface area contributed by atoms with E-state index in [0.717, 1.165) is 25.7 Å². The van der Waals surface area contributed by atoms with E-state index in [1.54, 1.807) is 0 Å². The zero-order valence-corrected chi connectivity index (χ0v) is 13.5. The van der Waals surface area contributed by atoms with Crippen LogP contribution in [0.3, 0.4) is 0 Å². The molecule has 0 aliphatic heterocycles. The van der Waals surface area contributed by atoms with Gasteiger partial charge in [-0.2, -0.15) is 4.39 Å². The fourth-order valence-electron chi connectivity index (χ4n) is 2.37. The Hall–Kier alpha value is -2.43. The van der Waals surface area contributed by atoms with Gasteiger partial charge in [-0.25, -0.2) is 9.18 Å². The van der Waals surface area contributed by atoms with Gasteiger partial charge >= 0.3 is 5.97 Å². The molecule has 0 saturated carbocycles. The summed E-state index contributed by atoms with van der Waals surface area (Å²) in [6.45, 7) is 2.45. The summed E-state index contributed by atoms with van der Waals surface area (Å²) in [5, 5.41) is 8.87. The minimum atomic E-state index is -1.07. The first-order chi connectivity index (χ1) is 11.5. The Morgan fingerprint density at radius 3 is 2.33 bits per heavy atom. The van der Waals surface area contributed by atoms with Gasteiger partial charge in [0.15, 0.2) is 11.6 Å². The van der Waals surface area contributed by atoms with E-state index in [-0.39, 0.29) is 16.9 Å². The number of halogens is 2. The van der Waals surface area contributed by atoms with Crippen LogP contribution >= 0.6 is 0 Å². The van der Waals surface area contributed by atoms with E-state index in [9.17, 15) is 13.6 Å². The molecule has 0 heterocycles. The number of benzene rings is 2. The molecular formula is C19H20F2O3. The quantitative estimate of drug-likeness (QED) is 0.667. The molecule has 0 bridgehead atoms. The minimum Gasteiger partial charge on any atom is -0.490 e. The molecule has 0 spiro atoms. The van der Waals surface area contributed by atoms with Crippen LogP contribution in [0.2, 0.25) is 0 Å². The number of rotatable bonds is 8. The molecule has 0 fully saturated rings. The second kappa shape index (κ2) is 8.43. The Labute approximate surface area is 139 Å². The molecule has 0 saturated heterocycles. The average molecular weight is 334 g/mol. The Morgan fingerprint density at radius 1 is 1.00 bits per heavy atom. The van der Waals surface area contributed by atoms with Crippen molar-refractivity contribution in [3.8, 4) is 16.9 Å². The van der Waals surface area contributed by atoms with E-state index in [4.69, 9.17) is 9.84 Å². The van der Waals surface area contributed by atoms with E-state index < -0.39 is 17.6 Å². The topological polar surface area (TPSA) is 46.5 Å². The van der Waals surface area contributed by atoms with Crippen molar-refractivity contribution in [3.63, 3.8) is 0 Å². The van der Waals surface area contributed by atoms with Crippen LogP contribution in [-0.2, 0) is 0 Å². The molecule has 2 rings (SSSR count). The number of carbonyl (C=O) groups is 1. The lowest BCUT2D eigenvalue weighted by Crippen LogP contribution is -2.02. The fraction of sp³-hybridized carbons (Fsp3) is 0.316. The lowest BCUT2D eigenvalue weighted by molar-refractivity contribution is 0.0697. The highest BCUT2D eigenvalue weighted by molar-refractivity contribution is 5.88. The van der Waals surface area contributed by atoms with Crippen LogP contribution in [0.5, 0.6) is 5.75 Å². The molecule has 0 aromatic heterocycles. The largest absolute Gasteiger partial charge is 0.490 e. The maximum Gasteiger partial charge on any atom is 0.335 e. The van der Waals surface area contributed by atoms with Crippen molar-refractivity contribution in [1.29, 1.82) is 0 Å². The molecule has 128 valence electrons. The molecule has 0 amide bonds. The second-order valence-corrected chi connectivity index (χ2v) is 5.53. The van der Waals surface area contributed by atoms with E-state index in [1.807, 2.05) is 0 Å². The summed E-state index contributed by atoms with van der Waals surface area (Å²) >= 11 is 0. The zero-order chi connectivity index (χ0) is 17.5. The van der Waals surface area contributed by atoms with Crippen molar-refractivity contribution in [2.75, 3.05) is 6.61 Å². The average Bonchev–Trinajstić information content (AvgIpc) is 2.58. The number of ether oxygens (including phenoxy) is 1. The van der Waals surface area contributed by atoms with Crippen molar-refractivity contribution in [2.45, 2.75) is 32.6 Å². The van der Waals surface area contributed by atoms with Crippen molar-refractivity contribution >= 4 is 5.97 Å². The van der Waals surface area contributed by atoms with Gasteiger partial charge in [-0.1, -0.05) is 38.3 Å². The van der Waals surface area contributed by atoms with Gasteiger partial charge in [-0.05, 0) is 36.2 Å². The third-order valence-electron chi connectivity index (χ3n) is 3.75. The number of carboxylic acid groups (broad SMARTS) is 1. The summed E-state index contributed by atoms with van der Waals surface area (Å²) in [7, 11) is 0. The number of carboxylic acids is 1. The molecular weight excluding hydrogens is 314 g/mol. The first-order valence-corrected chi connectivity index (χ1v) is 7.99. The second-order valence-electron chi connectivity index (χ2n) is 5.53. The molecule has 2 aromatic carbocycles. The summed E-state index contributed by atoms with van der Waals surface area (Å²) in [6.07, 6.45) is 3.98. The van der Waals surface area contributed by atoms with Crippen molar-refractivity contribution in [3.05, 3.63) is 53.6 Å². The first-order valence-electron chi connectivity index (χ1n) is 7.99. The van der Waals surface area contributed by atoms with Gasteiger partial charge in [0.05, 0.1) is 12.2 Å². The number of hydrogen-bond acceptors (Lipinski definition) is 2. The first kappa shape index (κ1) is 17.9. The zero-order valence-electron chi connectivity index (χ0n) is 13.5. The van der Waals surface area contributed by atoms with Gasteiger partial charge in [0.25, 0.3) is 0 Å².